The van der Waals surface area contributed by atoms with Crippen molar-refractivity contribution < 1.29 is 4.79 Å². The molecule has 0 aromatic carbocycles. The van der Waals surface area contributed by atoms with Gasteiger partial charge in [-0.25, -0.2) is 4.68 Å². The molecule has 1 aliphatic heterocycles. The fourth-order valence-corrected chi connectivity index (χ4v) is 4.24. The third-order valence-electron chi connectivity index (χ3n) is 4.75. The third-order valence-corrected chi connectivity index (χ3v) is 4.75. The highest BCUT2D eigenvalue weighted by Gasteiger charge is 2.38. The van der Waals surface area contributed by atoms with E-state index in [1.165, 1.54) is 0 Å². The molecule has 0 saturated carbocycles. The summed E-state index contributed by atoms with van der Waals surface area (Å²) in [6, 6.07) is 0. The molecule has 1 amide bonds. The van der Waals surface area contributed by atoms with Crippen molar-refractivity contribution in [1.29, 1.82) is 0 Å². The molecule has 24 heavy (non-hydrogen) atoms. The zero-order valence-corrected chi connectivity index (χ0v) is 16.2. The maximum atomic E-state index is 12.6. The summed E-state index contributed by atoms with van der Waals surface area (Å²) in [7, 11) is 0. The van der Waals surface area contributed by atoms with Crippen LogP contribution in [0.1, 0.15) is 72.3 Å². The van der Waals surface area contributed by atoms with E-state index in [9.17, 15) is 4.79 Å². The Morgan fingerprint density at radius 1 is 1.33 bits per heavy atom. The van der Waals surface area contributed by atoms with Crippen molar-refractivity contribution in [3.05, 3.63) is 11.8 Å². The Labute approximate surface area is 146 Å². The topological polar surface area (TPSA) is 59.0 Å². The molecular weight excluding hydrogens is 300 g/mol. The van der Waals surface area contributed by atoms with Gasteiger partial charge in [0, 0.05) is 29.6 Å². The van der Waals surface area contributed by atoms with Crippen LogP contribution in [-0.4, -0.2) is 26.8 Å². The lowest BCUT2D eigenvalue weighted by atomic mass is 9.74. The maximum Gasteiger partial charge on any atom is 0.225 e. The molecule has 1 saturated heterocycles. The van der Waals surface area contributed by atoms with Crippen molar-refractivity contribution in [2.75, 3.05) is 5.32 Å². The molecule has 5 nitrogen and oxygen atoms in total. The van der Waals surface area contributed by atoms with Gasteiger partial charge in [-0.15, -0.1) is 0 Å². The van der Waals surface area contributed by atoms with E-state index in [-0.39, 0.29) is 17.0 Å². The lowest BCUT2D eigenvalue weighted by molar-refractivity contribution is -0.117. The standard InChI is InChI=1S/C19H34N4O/c1-7-8-9-23-17(14(2)13-20-23)21-16(24)10-15-11-18(3,4)22-19(5,6)12-15/h13,15,22H,7-12H2,1-6H3,(H,21,24). The fraction of sp³-hybridized carbons (Fsp3) is 0.789. The van der Waals surface area contributed by atoms with E-state index in [0.717, 1.165) is 43.6 Å². The maximum absolute atomic E-state index is 12.6. The minimum absolute atomic E-state index is 0.0749. The number of nitrogens with zero attached hydrogens (tertiary/aromatic N) is 2. The van der Waals surface area contributed by atoms with Gasteiger partial charge in [0.25, 0.3) is 0 Å². The van der Waals surface area contributed by atoms with Crippen molar-refractivity contribution in [3.63, 3.8) is 0 Å². The Hall–Kier alpha value is -1.36. The van der Waals surface area contributed by atoms with Crippen LogP contribution in [0, 0.1) is 12.8 Å². The second-order valence-corrected chi connectivity index (χ2v) is 8.67. The molecule has 2 rings (SSSR count). The number of hydrogen-bond donors (Lipinski definition) is 2. The number of carbonyl (C=O) groups excluding carboxylic acids is 1. The van der Waals surface area contributed by atoms with Gasteiger partial charge in [0.05, 0.1) is 6.20 Å². The molecule has 0 radical (unpaired) electrons. The number of anilines is 1. The molecule has 5 heteroatoms. The summed E-state index contributed by atoms with van der Waals surface area (Å²) in [4.78, 5) is 12.6. The Morgan fingerprint density at radius 3 is 2.54 bits per heavy atom. The fourth-order valence-electron chi connectivity index (χ4n) is 4.24. The first kappa shape index (κ1) is 19.0. The van der Waals surface area contributed by atoms with Crippen molar-refractivity contribution in [1.82, 2.24) is 15.1 Å². The zero-order chi connectivity index (χ0) is 18.0. The molecule has 0 atom stereocenters. The van der Waals surface area contributed by atoms with Crippen LogP contribution in [0.2, 0.25) is 0 Å². The zero-order valence-electron chi connectivity index (χ0n) is 16.2. The predicted molar refractivity (Wildman–Crippen MR) is 99.1 cm³/mol. The first-order chi connectivity index (χ1) is 11.1. The smallest absolute Gasteiger partial charge is 0.225 e. The van der Waals surface area contributed by atoms with E-state index in [1.807, 2.05) is 17.8 Å². The molecule has 0 aliphatic carbocycles. The third kappa shape index (κ3) is 5.07. The van der Waals surface area contributed by atoms with Gasteiger partial charge < -0.3 is 10.6 Å². The molecule has 1 aromatic heterocycles. The van der Waals surface area contributed by atoms with Crippen molar-refractivity contribution in [2.24, 2.45) is 5.92 Å². The van der Waals surface area contributed by atoms with Crippen LogP contribution in [0.4, 0.5) is 5.82 Å². The van der Waals surface area contributed by atoms with Gasteiger partial charge in [0.1, 0.15) is 5.82 Å². The van der Waals surface area contributed by atoms with Gasteiger partial charge >= 0.3 is 0 Å². The minimum atomic E-state index is 0.0749. The van der Waals surface area contributed by atoms with Gasteiger partial charge in [0.15, 0.2) is 0 Å². The summed E-state index contributed by atoms with van der Waals surface area (Å²) in [6.45, 7) is 13.9. The summed E-state index contributed by atoms with van der Waals surface area (Å²) in [5.41, 5.74) is 1.18. The first-order valence-electron chi connectivity index (χ1n) is 9.23. The first-order valence-corrected chi connectivity index (χ1v) is 9.23. The SMILES string of the molecule is CCCCn1ncc(C)c1NC(=O)CC1CC(C)(C)NC(C)(C)C1. The van der Waals surface area contributed by atoms with Crippen molar-refractivity contribution >= 4 is 11.7 Å². The monoisotopic (exact) mass is 334 g/mol. The summed E-state index contributed by atoms with van der Waals surface area (Å²) in [5.74, 6) is 1.37. The van der Waals surface area contributed by atoms with E-state index in [2.05, 4.69) is 50.4 Å². The molecule has 2 heterocycles. The van der Waals surface area contributed by atoms with Crippen molar-refractivity contribution in [3.8, 4) is 0 Å². The summed E-state index contributed by atoms with van der Waals surface area (Å²) in [6.07, 6.45) is 6.65. The van der Waals surface area contributed by atoms with E-state index >= 15 is 0 Å². The molecule has 0 spiro atoms. The number of hydrogen-bond acceptors (Lipinski definition) is 3. The molecule has 0 unspecified atom stereocenters. The van der Waals surface area contributed by atoms with Gasteiger partial charge in [-0.3, -0.25) is 4.79 Å². The summed E-state index contributed by atoms with van der Waals surface area (Å²) in [5, 5.41) is 11.2. The molecule has 2 N–H and O–H groups in total. The Kier molecular flexibility index (Phi) is 5.74. The average Bonchev–Trinajstić information content (AvgIpc) is 2.73. The highest BCUT2D eigenvalue weighted by Crippen LogP contribution is 2.34. The molecule has 136 valence electrons. The van der Waals surface area contributed by atoms with Crippen LogP contribution in [0.5, 0.6) is 0 Å². The minimum Gasteiger partial charge on any atom is -0.311 e. The number of aryl methyl sites for hydroxylation is 2. The summed E-state index contributed by atoms with van der Waals surface area (Å²) >= 11 is 0. The van der Waals surface area contributed by atoms with Crippen LogP contribution in [0.25, 0.3) is 0 Å². The molecule has 0 bridgehead atoms. The van der Waals surface area contributed by atoms with Crippen LogP contribution >= 0.6 is 0 Å². The van der Waals surface area contributed by atoms with E-state index < -0.39 is 0 Å². The van der Waals surface area contributed by atoms with Crippen LogP contribution < -0.4 is 10.6 Å². The number of carbonyl (C=O) groups is 1. The lowest BCUT2D eigenvalue weighted by Gasteiger charge is -2.46. The predicted octanol–water partition coefficient (Wildman–Crippen LogP) is 3.88. The Balaban J connectivity index is 2.00. The van der Waals surface area contributed by atoms with Crippen LogP contribution in [-0.2, 0) is 11.3 Å². The van der Waals surface area contributed by atoms with Crippen LogP contribution in [0.3, 0.4) is 0 Å². The lowest BCUT2D eigenvalue weighted by Crippen LogP contribution is -2.58. The largest absolute Gasteiger partial charge is 0.311 e. The van der Waals surface area contributed by atoms with Crippen molar-refractivity contribution in [2.45, 2.75) is 91.3 Å². The van der Waals surface area contributed by atoms with Gasteiger partial charge in [-0.1, -0.05) is 13.3 Å². The average molecular weight is 335 g/mol. The second-order valence-electron chi connectivity index (χ2n) is 8.67. The molecule has 1 aliphatic rings. The van der Waals surface area contributed by atoms with E-state index in [1.54, 1.807) is 0 Å². The van der Waals surface area contributed by atoms with Crippen LogP contribution in [0.15, 0.2) is 6.20 Å². The quantitative estimate of drug-likeness (QED) is 0.830. The molecular formula is C19H34N4O. The second kappa shape index (κ2) is 7.26. The van der Waals surface area contributed by atoms with Gasteiger partial charge in [-0.2, -0.15) is 5.10 Å². The number of aromatic nitrogens is 2. The Morgan fingerprint density at radius 2 is 1.96 bits per heavy atom. The highest BCUT2D eigenvalue weighted by atomic mass is 16.1. The van der Waals surface area contributed by atoms with E-state index in [4.69, 9.17) is 0 Å². The molecule has 1 fully saturated rings. The molecule has 1 aromatic rings. The van der Waals surface area contributed by atoms with E-state index in [0.29, 0.717) is 12.3 Å². The number of amides is 1. The number of unbranched alkanes of at least 4 members (excludes halogenated alkanes) is 1. The highest BCUT2D eigenvalue weighted by molar-refractivity contribution is 5.90. The normalized spacial score (nSPS) is 20.1. The number of piperidine rings is 1. The number of rotatable bonds is 6. The van der Waals surface area contributed by atoms with Gasteiger partial charge in [0.2, 0.25) is 5.91 Å². The van der Waals surface area contributed by atoms with Gasteiger partial charge in [-0.05, 0) is 59.8 Å². The number of nitrogens with one attached hydrogen (secondary N) is 2. The summed E-state index contributed by atoms with van der Waals surface area (Å²) < 4.78 is 1.92. The Bertz CT molecular complexity index is 558.